The van der Waals surface area contributed by atoms with Crippen molar-refractivity contribution in [3.8, 4) is 11.6 Å². The van der Waals surface area contributed by atoms with Gasteiger partial charge in [0.1, 0.15) is 5.69 Å². The van der Waals surface area contributed by atoms with Crippen LogP contribution in [0.15, 0.2) is 10.6 Å². The number of nitrogens with one attached hydrogen (secondary N) is 1. The van der Waals surface area contributed by atoms with Crippen molar-refractivity contribution in [2.45, 2.75) is 19.9 Å². The molecule has 7 nitrogen and oxygen atoms in total. The summed E-state index contributed by atoms with van der Waals surface area (Å²) in [6.07, 6.45) is 0.898. The standard InChI is InChI=1S/C13H20N6O/c1-3-10-8-11(18(2)16-10)13-15-12(17-20-13)9-19-6-4-14-5-7-19/h8,14H,3-7,9H2,1-2H3. The Morgan fingerprint density at radius 1 is 1.35 bits per heavy atom. The zero-order valence-corrected chi connectivity index (χ0v) is 12.0. The molecule has 1 aliphatic rings. The van der Waals surface area contributed by atoms with E-state index in [1.165, 1.54) is 0 Å². The second-order valence-corrected chi connectivity index (χ2v) is 5.04. The predicted molar refractivity (Wildman–Crippen MR) is 74.0 cm³/mol. The minimum atomic E-state index is 0.546. The first-order valence-corrected chi connectivity index (χ1v) is 7.05. The van der Waals surface area contributed by atoms with Gasteiger partial charge < -0.3 is 9.84 Å². The number of nitrogens with zero attached hydrogens (tertiary/aromatic N) is 5. The van der Waals surface area contributed by atoms with Crippen molar-refractivity contribution in [2.75, 3.05) is 26.2 Å². The summed E-state index contributed by atoms with van der Waals surface area (Å²) in [7, 11) is 1.90. The maximum atomic E-state index is 5.37. The first-order chi connectivity index (χ1) is 9.76. The third-order valence-corrected chi connectivity index (χ3v) is 3.55. The highest BCUT2D eigenvalue weighted by Crippen LogP contribution is 2.18. The fraction of sp³-hybridized carbons (Fsp3) is 0.615. The Kier molecular flexibility index (Phi) is 3.79. The highest BCUT2D eigenvalue weighted by atomic mass is 16.5. The van der Waals surface area contributed by atoms with Crippen LogP contribution in [0.1, 0.15) is 18.4 Å². The molecule has 2 aromatic heterocycles. The van der Waals surface area contributed by atoms with Crippen LogP contribution in [0.5, 0.6) is 0 Å². The normalized spacial score (nSPS) is 16.7. The smallest absolute Gasteiger partial charge is 0.276 e. The molecule has 7 heteroatoms. The number of hydrogen-bond donors (Lipinski definition) is 1. The zero-order chi connectivity index (χ0) is 13.9. The van der Waals surface area contributed by atoms with Crippen molar-refractivity contribution < 1.29 is 4.52 Å². The molecule has 0 bridgehead atoms. The van der Waals surface area contributed by atoms with Crippen molar-refractivity contribution in [1.29, 1.82) is 0 Å². The molecule has 0 aliphatic carbocycles. The van der Waals surface area contributed by atoms with E-state index in [2.05, 4.69) is 32.4 Å². The van der Waals surface area contributed by atoms with E-state index in [9.17, 15) is 0 Å². The van der Waals surface area contributed by atoms with Gasteiger partial charge in [-0.1, -0.05) is 12.1 Å². The predicted octanol–water partition coefficient (Wildman–Crippen LogP) is 0.438. The van der Waals surface area contributed by atoms with Crippen molar-refractivity contribution in [1.82, 2.24) is 30.1 Å². The summed E-state index contributed by atoms with van der Waals surface area (Å²) in [5.41, 5.74) is 1.91. The largest absolute Gasteiger partial charge is 0.332 e. The minimum absolute atomic E-state index is 0.546. The van der Waals surface area contributed by atoms with Crippen molar-refractivity contribution in [3.63, 3.8) is 0 Å². The number of aromatic nitrogens is 4. The highest BCUT2D eigenvalue weighted by Gasteiger charge is 2.17. The maximum absolute atomic E-state index is 5.37. The summed E-state index contributed by atoms with van der Waals surface area (Å²) in [5.74, 6) is 1.28. The fourth-order valence-corrected chi connectivity index (χ4v) is 2.39. The zero-order valence-electron chi connectivity index (χ0n) is 12.0. The van der Waals surface area contributed by atoms with Crippen LogP contribution in [-0.4, -0.2) is 51.0 Å². The lowest BCUT2D eigenvalue weighted by Gasteiger charge is -2.25. The lowest BCUT2D eigenvalue weighted by atomic mass is 10.3. The van der Waals surface area contributed by atoms with Gasteiger partial charge in [-0.25, -0.2) is 0 Å². The molecule has 3 rings (SSSR count). The summed E-state index contributed by atoms with van der Waals surface area (Å²) < 4.78 is 7.16. The van der Waals surface area contributed by atoms with Crippen molar-refractivity contribution >= 4 is 0 Å². The second kappa shape index (κ2) is 5.72. The lowest BCUT2D eigenvalue weighted by molar-refractivity contribution is 0.225. The quantitative estimate of drug-likeness (QED) is 0.873. The molecule has 0 radical (unpaired) electrons. The molecule has 0 saturated carbocycles. The van der Waals surface area contributed by atoms with Crippen LogP contribution >= 0.6 is 0 Å². The molecule has 0 aromatic carbocycles. The van der Waals surface area contributed by atoms with Gasteiger partial charge >= 0.3 is 0 Å². The highest BCUT2D eigenvalue weighted by molar-refractivity contribution is 5.47. The number of piperazine rings is 1. The summed E-state index contributed by atoms with van der Waals surface area (Å²) >= 11 is 0. The molecule has 0 amide bonds. The molecular weight excluding hydrogens is 256 g/mol. The van der Waals surface area contributed by atoms with Gasteiger partial charge in [0.25, 0.3) is 5.89 Å². The van der Waals surface area contributed by atoms with E-state index in [1.54, 1.807) is 4.68 Å². The number of rotatable bonds is 4. The summed E-state index contributed by atoms with van der Waals surface area (Å²) in [5, 5.41) is 11.8. The molecule has 0 unspecified atom stereocenters. The van der Waals surface area contributed by atoms with E-state index in [-0.39, 0.29) is 0 Å². The molecular formula is C13H20N6O. The Hall–Kier alpha value is -1.73. The van der Waals surface area contributed by atoms with Crippen molar-refractivity contribution in [3.05, 3.63) is 17.6 Å². The average Bonchev–Trinajstić information content (AvgIpc) is 3.06. The number of aryl methyl sites for hydroxylation is 2. The topological polar surface area (TPSA) is 72.0 Å². The van der Waals surface area contributed by atoms with Gasteiger partial charge in [0.05, 0.1) is 12.2 Å². The molecule has 0 atom stereocenters. The van der Waals surface area contributed by atoms with Gasteiger partial charge in [0.15, 0.2) is 5.82 Å². The van der Waals surface area contributed by atoms with Gasteiger partial charge in [0.2, 0.25) is 0 Å². The summed E-state index contributed by atoms with van der Waals surface area (Å²) in [6, 6.07) is 2.00. The van der Waals surface area contributed by atoms with E-state index in [0.29, 0.717) is 5.89 Å². The maximum Gasteiger partial charge on any atom is 0.276 e. The third-order valence-electron chi connectivity index (χ3n) is 3.55. The minimum Gasteiger partial charge on any atom is -0.332 e. The third kappa shape index (κ3) is 2.73. The van der Waals surface area contributed by atoms with Gasteiger partial charge in [0, 0.05) is 33.2 Å². The molecule has 1 saturated heterocycles. The lowest BCUT2D eigenvalue weighted by Crippen LogP contribution is -2.43. The monoisotopic (exact) mass is 276 g/mol. The van der Waals surface area contributed by atoms with Crippen molar-refractivity contribution in [2.24, 2.45) is 7.05 Å². The molecule has 3 heterocycles. The average molecular weight is 276 g/mol. The Bertz CT molecular complexity index is 569. The molecule has 1 fully saturated rings. The fourth-order valence-electron chi connectivity index (χ4n) is 2.39. The van der Waals surface area contributed by atoms with Crippen LogP contribution in [0, 0.1) is 0 Å². The molecule has 1 aliphatic heterocycles. The van der Waals surface area contributed by atoms with Gasteiger partial charge in [-0.3, -0.25) is 9.58 Å². The van der Waals surface area contributed by atoms with Gasteiger partial charge in [-0.2, -0.15) is 10.1 Å². The van der Waals surface area contributed by atoms with E-state index in [0.717, 1.165) is 56.4 Å². The van der Waals surface area contributed by atoms with Crippen LogP contribution in [-0.2, 0) is 20.0 Å². The van der Waals surface area contributed by atoms with Crippen LogP contribution in [0.3, 0.4) is 0 Å². The van der Waals surface area contributed by atoms with Crippen LogP contribution in [0.25, 0.3) is 11.6 Å². The van der Waals surface area contributed by atoms with E-state index < -0.39 is 0 Å². The summed E-state index contributed by atoms with van der Waals surface area (Å²) in [4.78, 5) is 6.81. The second-order valence-electron chi connectivity index (χ2n) is 5.04. The van der Waals surface area contributed by atoms with Gasteiger partial charge in [-0.05, 0) is 12.5 Å². The van der Waals surface area contributed by atoms with Crippen LogP contribution in [0.4, 0.5) is 0 Å². The van der Waals surface area contributed by atoms with E-state index in [4.69, 9.17) is 4.52 Å². The van der Waals surface area contributed by atoms with E-state index >= 15 is 0 Å². The van der Waals surface area contributed by atoms with Crippen LogP contribution in [0.2, 0.25) is 0 Å². The number of hydrogen-bond acceptors (Lipinski definition) is 6. The first-order valence-electron chi connectivity index (χ1n) is 7.05. The Labute approximate surface area is 118 Å². The van der Waals surface area contributed by atoms with Gasteiger partial charge in [-0.15, -0.1) is 0 Å². The molecule has 0 spiro atoms. The molecule has 108 valence electrons. The Morgan fingerprint density at radius 2 is 2.15 bits per heavy atom. The SMILES string of the molecule is CCc1cc(-c2nc(CN3CCNCC3)no2)n(C)n1. The van der Waals surface area contributed by atoms with E-state index in [1.807, 2.05) is 13.1 Å². The molecule has 2 aromatic rings. The Morgan fingerprint density at radius 3 is 2.85 bits per heavy atom. The first kappa shape index (κ1) is 13.3. The Balaban J connectivity index is 1.73. The summed E-state index contributed by atoms with van der Waals surface area (Å²) in [6.45, 7) is 6.91. The molecule has 20 heavy (non-hydrogen) atoms. The molecule has 1 N–H and O–H groups in total. The van der Waals surface area contributed by atoms with Crippen LogP contribution < -0.4 is 5.32 Å².